The number of hydrogen-bond acceptors (Lipinski definition) is 5. The number of nitrogens with one attached hydrogen (secondary N) is 3. The summed E-state index contributed by atoms with van der Waals surface area (Å²) in [6.45, 7) is 4.28. The van der Waals surface area contributed by atoms with Crippen molar-refractivity contribution in [1.29, 1.82) is 0 Å². The van der Waals surface area contributed by atoms with Crippen LogP contribution in [0.3, 0.4) is 0 Å². The summed E-state index contributed by atoms with van der Waals surface area (Å²) in [5.74, 6) is -1.25. The van der Waals surface area contributed by atoms with E-state index in [0.717, 1.165) is 4.90 Å². The van der Waals surface area contributed by atoms with E-state index in [4.69, 9.17) is 4.74 Å². The minimum Gasteiger partial charge on any atom is -0.492 e. The molecule has 0 radical (unpaired) electrons. The molecule has 0 saturated heterocycles. The second-order valence-electron chi connectivity index (χ2n) is 9.31. The van der Waals surface area contributed by atoms with Gasteiger partial charge in [-0.05, 0) is 68.0 Å². The molecule has 0 aliphatic rings. The first-order valence-electron chi connectivity index (χ1n) is 13.8. The average molecular weight is 598 g/mol. The zero-order valence-corrected chi connectivity index (χ0v) is 24.6. The summed E-state index contributed by atoms with van der Waals surface area (Å²) < 4.78 is 20.1. The highest BCUT2D eigenvalue weighted by Crippen LogP contribution is 2.30. The number of rotatable bonds is 12. The Morgan fingerprint density at radius 3 is 2.33 bits per heavy atom. The molecule has 4 aromatic rings. The number of thioether (sulfide) groups is 1. The minimum absolute atomic E-state index is 0.129. The van der Waals surface area contributed by atoms with Crippen LogP contribution in [0.5, 0.6) is 5.75 Å². The Balaban J connectivity index is 1.50. The molecule has 3 amide bonds. The monoisotopic (exact) mass is 597 g/mol. The normalized spacial score (nSPS) is 11.7. The number of halogens is 1. The first kappa shape index (κ1) is 31.1. The molecule has 0 aromatic heterocycles. The quantitative estimate of drug-likeness (QED) is 0.119. The number of anilines is 2. The molecule has 3 N–H and O–H groups in total. The van der Waals surface area contributed by atoms with Gasteiger partial charge in [0.05, 0.1) is 17.5 Å². The summed E-state index contributed by atoms with van der Waals surface area (Å²) in [5, 5.41) is 7.94. The third-order valence-corrected chi connectivity index (χ3v) is 7.57. The molecule has 1 unspecified atom stereocenters. The number of hydrogen-bond donors (Lipinski definition) is 3. The molecule has 9 heteroatoms. The molecule has 0 aliphatic heterocycles. The van der Waals surface area contributed by atoms with Crippen LogP contribution in [0.1, 0.15) is 36.2 Å². The van der Waals surface area contributed by atoms with E-state index in [1.807, 2.05) is 32.0 Å². The Morgan fingerprint density at radius 2 is 1.58 bits per heavy atom. The summed E-state index contributed by atoms with van der Waals surface area (Å²) in [5.41, 5.74) is 1.41. The summed E-state index contributed by atoms with van der Waals surface area (Å²) in [6, 6.07) is 28.7. The second kappa shape index (κ2) is 15.4. The van der Waals surface area contributed by atoms with Crippen LogP contribution in [0, 0.1) is 5.82 Å². The molecule has 0 spiro atoms. The average Bonchev–Trinajstić information content (AvgIpc) is 3.02. The van der Waals surface area contributed by atoms with Gasteiger partial charge in [-0.15, -0.1) is 11.8 Å². The van der Waals surface area contributed by atoms with Crippen LogP contribution in [0.25, 0.3) is 6.08 Å². The van der Waals surface area contributed by atoms with E-state index in [1.54, 1.807) is 72.8 Å². The molecule has 43 heavy (non-hydrogen) atoms. The van der Waals surface area contributed by atoms with E-state index in [9.17, 15) is 18.8 Å². The molecule has 0 bridgehead atoms. The highest BCUT2D eigenvalue weighted by atomic mass is 32.2. The van der Waals surface area contributed by atoms with Crippen molar-refractivity contribution in [2.24, 2.45) is 0 Å². The molecule has 4 aromatic carbocycles. The Morgan fingerprint density at radius 1 is 0.860 bits per heavy atom. The van der Waals surface area contributed by atoms with Gasteiger partial charge in [-0.2, -0.15) is 0 Å². The van der Waals surface area contributed by atoms with Crippen molar-refractivity contribution in [3.63, 3.8) is 0 Å². The highest BCUT2D eigenvalue weighted by Gasteiger charge is 2.20. The number of carbonyl (C=O) groups is 3. The molecule has 220 valence electrons. The third-order valence-electron chi connectivity index (χ3n) is 6.21. The fourth-order valence-corrected chi connectivity index (χ4v) is 5.10. The molecule has 0 heterocycles. The second-order valence-corrected chi connectivity index (χ2v) is 10.6. The zero-order valence-electron chi connectivity index (χ0n) is 23.8. The largest absolute Gasteiger partial charge is 0.492 e. The van der Waals surface area contributed by atoms with E-state index < -0.39 is 22.9 Å². The van der Waals surface area contributed by atoms with Crippen LogP contribution in [-0.4, -0.2) is 29.6 Å². The van der Waals surface area contributed by atoms with Crippen molar-refractivity contribution in [3.8, 4) is 5.75 Å². The van der Waals surface area contributed by atoms with E-state index in [2.05, 4.69) is 16.0 Å². The maximum Gasteiger partial charge on any atom is 0.272 e. The number of benzene rings is 4. The lowest BCUT2D eigenvalue weighted by Crippen LogP contribution is -2.30. The Kier molecular flexibility index (Phi) is 11.1. The van der Waals surface area contributed by atoms with Crippen molar-refractivity contribution >= 4 is 46.9 Å². The van der Waals surface area contributed by atoms with E-state index in [1.165, 1.54) is 30.0 Å². The minimum atomic E-state index is -0.632. The smallest absolute Gasteiger partial charge is 0.272 e. The van der Waals surface area contributed by atoms with Gasteiger partial charge in [0, 0.05) is 21.7 Å². The lowest BCUT2D eigenvalue weighted by molar-refractivity contribution is -0.116. The van der Waals surface area contributed by atoms with Crippen molar-refractivity contribution in [3.05, 3.63) is 126 Å². The van der Waals surface area contributed by atoms with Crippen molar-refractivity contribution in [1.82, 2.24) is 5.32 Å². The van der Waals surface area contributed by atoms with Crippen molar-refractivity contribution in [2.45, 2.75) is 30.4 Å². The van der Waals surface area contributed by atoms with Crippen molar-refractivity contribution in [2.75, 3.05) is 17.2 Å². The van der Waals surface area contributed by atoms with Crippen molar-refractivity contribution < 1.29 is 23.5 Å². The Bertz CT molecular complexity index is 1610. The molecule has 1 atom stereocenters. The van der Waals surface area contributed by atoms with E-state index >= 15 is 0 Å². The summed E-state index contributed by atoms with van der Waals surface area (Å²) in [4.78, 5) is 40.2. The predicted molar refractivity (Wildman–Crippen MR) is 170 cm³/mol. The van der Waals surface area contributed by atoms with Crippen LogP contribution in [0.2, 0.25) is 0 Å². The van der Waals surface area contributed by atoms with Gasteiger partial charge in [-0.1, -0.05) is 61.5 Å². The van der Waals surface area contributed by atoms with Crippen LogP contribution in [0.4, 0.5) is 15.8 Å². The summed E-state index contributed by atoms with van der Waals surface area (Å²) >= 11 is 1.36. The highest BCUT2D eigenvalue weighted by molar-refractivity contribution is 8.00. The molecule has 4 rings (SSSR count). The Labute approximate surface area is 254 Å². The fourth-order valence-electron chi connectivity index (χ4n) is 4.09. The van der Waals surface area contributed by atoms with Crippen LogP contribution in [-0.2, 0) is 9.59 Å². The van der Waals surface area contributed by atoms with Gasteiger partial charge < -0.3 is 20.7 Å². The van der Waals surface area contributed by atoms with Gasteiger partial charge in [0.2, 0.25) is 5.91 Å². The molecule has 7 nitrogen and oxygen atoms in total. The molecular weight excluding hydrogens is 565 g/mol. The van der Waals surface area contributed by atoms with E-state index in [-0.39, 0.29) is 17.2 Å². The topological polar surface area (TPSA) is 96.5 Å². The lowest BCUT2D eigenvalue weighted by atomic mass is 10.1. The standard InChI is InChI=1S/C34H32FN3O4S/c1-3-31(34(41)37-28-19-10-11-20-30(28)42-4-2)43-26-17-12-16-25(22-26)36-33(40)29(21-24-15-8-9-18-27(24)35)38-32(39)23-13-6-5-7-14-23/h5-22,31H,3-4H2,1-2H3,(H,36,40)(H,37,41)(H,38,39)/b29-21-. The molecule has 0 aliphatic carbocycles. The van der Waals surface area contributed by atoms with Gasteiger partial charge in [0.1, 0.15) is 17.3 Å². The maximum absolute atomic E-state index is 14.4. The molecule has 0 saturated carbocycles. The first-order chi connectivity index (χ1) is 20.9. The van der Waals surface area contributed by atoms with E-state index in [0.29, 0.717) is 35.7 Å². The zero-order chi connectivity index (χ0) is 30.6. The van der Waals surface area contributed by atoms with Gasteiger partial charge in [-0.3, -0.25) is 14.4 Å². The maximum atomic E-state index is 14.4. The summed E-state index contributed by atoms with van der Waals surface area (Å²) in [7, 11) is 0. The lowest BCUT2D eigenvalue weighted by Gasteiger charge is -2.17. The van der Waals surface area contributed by atoms with Gasteiger partial charge >= 0.3 is 0 Å². The SMILES string of the molecule is CCOc1ccccc1NC(=O)C(CC)Sc1cccc(NC(=O)/C(=C/c2ccccc2F)NC(=O)c2ccccc2)c1. The number of amides is 3. The van der Waals surface area contributed by atoms with Gasteiger partial charge in [-0.25, -0.2) is 4.39 Å². The number of ether oxygens (including phenoxy) is 1. The number of para-hydroxylation sites is 2. The number of carbonyl (C=O) groups excluding carboxylic acids is 3. The predicted octanol–water partition coefficient (Wildman–Crippen LogP) is 7.14. The first-order valence-corrected chi connectivity index (χ1v) is 14.7. The fraction of sp³-hybridized carbons (Fsp3) is 0.147. The Hall–Kier alpha value is -4.89. The molecular formula is C34H32FN3O4S. The third kappa shape index (κ3) is 8.80. The summed E-state index contributed by atoms with van der Waals surface area (Å²) in [6.07, 6.45) is 1.85. The molecule has 0 fully saturated rings. The van der Waals surface area contributed by atoms with Crippen LogP contribution < -0.4 is 20.7 Å². The van der Waals surface area contributed by atoms with Crippen LogP contribution in [0.15, 0.2) is 114 Å². The van der Waals surface area contributed by atoms with Gasteiger partial charge in [0.15, 0.2) is 0 Å². The van der Waals surface area contributed by atoms with Gasteiger partial charge in [0.25, 0.3) is 11.8 Å². The van der Waals surface area contributed by atoms with Crippen LogP contribution >= 0.6 is 11.8 Å².